The lowest BCUT2D eigenvalue weighted by Crippen LogP contribution is -2.44. The molecule has 2 saturated heterocycles. The van der Waals surface area contributed by atoms with Gasteiger partial charge in [-0.2, -0.15) is 26.3 Å². The van der Waals surface area contributed by atoms with Gasteiger partial charge >= 0.3 is 24.1 Å². The molecule has 6 aromatic rings. The van der Waals surface area contributed by atoms with Crippen molar-refractivity contribution in [2.75, 3.05) is 36.0 Å². The molecule has 4 heterocycles. The van der Waals surface area contributed by atoms with Gasteiger partial charge in [0.1, 0.15) is 0 Å². The number of carbonyl (C=O) groups excluding carboxylic acids is 2. The van der Waals surface area contributed by atoms with Crippen LogP contribution in [0, 0.1) is 11.8 Å². The first kappa shape index (κ1) is 49.3. The molecule has 0 radical (unpaired) electrons. The van der Waals surface area contributed by atoms with Crippen LogP contribution < -0.4 is 15.1 Å². The maximum absolute atomic E-state index is 13.5. The molecule has 0 unspecified atom stereocenters. The summed E-state index contributed by atoms with van der Waals surface area (Å²) in [6.45, 7) is 8.47. The largest absolute Gasteiger partial charge is 0.470 e. The molecule has 2 fully saturated rings. The van der Waals surface area contributed by atoms with Gasteiger partial charge in [-0.15, -0.1) is 32.8 Å². The van der Waals surface area contributed by atoms with Crippen molar-refractivity contribution in [3.63, 3.8) is 0 Å². The molecule has 8 rings (SSSR count). The van der Waals surface area contributed by atoms with Gasteiger partial charge < -0.3 is 28.9 Å². The van der Waals surface area contributed by atoms with E-state index in [9.17, 15) is 35.9 Å². The van der Waals surface area contributed by atoms with E-state index < -0.39 is 24.1 Å². The van der Waals surface area contributed by atoms with E-state index in [-0.39, 0.29) is 47.8 Å². The highest BCUT2D eigenvalue weighted by Gasteiger charge is 2.39. The Morgan fingerprint density at radius 3 is 1.33 bits per heavy atom. The summed E-state index contributed by atoms with van der Waals surface area (Å²) in [6, 6.07) is 32.9. The summed E-state index contributed by atoms with van der Waals surface area (Å²) >= 11 is 0. The minimum absolute atomic E-state index is 0. The van der Waals surface area contributed by atoms with Crippen LogP contribution in [0.4, 0.5) is 37.7 Å². The molecule has 1 N–H and O–H groups in total. The zero-order valence-electron chi connectivity index (χ0n) is 36.1. The molecular weight excluding hydrogens is 890 g/mol. The van der Waals surface area contributed by atoms with Crippen LogP contribution in [-0.2, 0) is 35.0 Å². The number of aromatic nitrogens is 4. The molecule has 0 bridgehead atoms. The Morgan fingerprint density at radius 2 is 0.985 bits per heavy atom. The number of carbonyl (C=O) groups is 2. The van der Waals surface area contributed by atoms with E-state index in [4.69, 9.17) is 8.83 Å². The van der Waals surface area contributed by atoms with Crippen molar-refractivity contribution in [2.45, 2.75) is 71.0 Å². The number of nitrogens with one attached hydrogen (secondary N) is 1. The minimum atomic E-state index is -4.69. The van der Waals surface area contributed by atoms with E-state index in [1.165, 1.54) is 0 Å². The van der Waals surface area contributed by atoms with Crippen LogP contribution in [0.5, 0.6) is 0 Å². The summed E-state index contributed by atoms with van der Waals surface area (Å²) in [6.07, 6.45) is -6.15. The number of halogens is 7. The fourth-order valence-electron chi connectivity index (χ4n) is 7.76. The number of alkyl halides is 6. The molecule has 2 aromatic heterocycles. The molecule has 12 nitrogen and oxygen atoms in total. The fourth-order valence-corrected chi connectivity index (χ4v) is 7.76. The Hall–Kier alpha value is -6.11. The van der Waals surface area contributed by atoms with Gasteiger partial charge in [0.25, 0.3) is 0 Å². The molecular formula is C47H49ClF6N8O4. The van der Waals surface area contributed by atoms with E-state index in [1.54, 1.807) is 58.3 Å². The second-order valence-corrected chi connectivity index (χ2v) is 16.2. The zero-order valence-corrected chi connectivity index (χ0v) is 37.0. The van der Waals surface area contributed by atoms with E-state index in [0.29, 0.717) is 30.3 Å². The maximum Gasteiger partial charge on any atom is 0.470 e. The predicted molar refractivity (Wildman–Crippen MR) is 237 cm³/mol. The number of amides is 2. The number of likely N-dealkylation sites (tertiary alicyclic amines) is 1. The lowest BCUT2D eigenvalue weighted by molar-refractivity contribution is -0.157. The zero-order chi connectivity index (χ0) is 46.1. The number of piperidine rings is 2. The third-order valence-electron chi connectivity index (χ3n) is 11.4. The smallest absolute Gasteiger partial charge is 0.413 e. The molecule has 0 atom stereocenters. The van der Waals surface area contributed by atoms with Gasteiger partial charge in [0.05, 0.1) is 13.1 Å². The van der Waals surface area contributed by atoms with Gasteiger partial charge in [-0.05, 0) is 125 Å². The summed E-state index contributed by atoms with van der Waals surface area (Å²) in [7, 11) is 0. The quantitative estimate of drug-likeness (QED) is 0.125. The summed E-state index contributed by atoms with van der Waals surface area (Å²) < 4.78 is 85.7. The number of hydrogen-bond acceptors (Lipinski definition) is 10. The number of benzene rings is 4. The molecule has 4 aromatic carbocycles. The Morgan fingerprint density at radius 1 is 0.606 bits per heavy atom. The monoisotopic (exact) mass is 938 g/mol. The number of hydrogen-bond donors (Lipinski definition) is 1. The van der Waals surface area contributed by atoms with Gasteiger partial charge in [-0.25, -0.2) is 0 Å². The van der Waals surface area contributed by atoms with Crippen LogP contribution in [0.2, 0.25) is 0 Å². The van der Waals surface area contributed by atoms with Crippen LogP contribution in [0.1, 0.15) is 62.4 Å². The highest BCUT2D eigenvalue weighted by molar-refractivity contribution is 5.95. The van der Waals surface area contributed by atoms with Crippen molar-refractivity contribution in [2.24, 2.45) is 11.8 Å². The van der Waals surface area contributed by atoms with E-state index in [2.05, 4.69) is 44.5 Å². The summed E-state index contributed by atoms with van der Waals surface area (Å²) in [4.78, 5) is 32.7. The standard InChI is InChI=1S/C25H27F3N4O2.C22H21F3N4O2.ClH/c1-17(2)31-14-12-20(13-15-31)23(33)32(21-6-4-3-5-7-21)16-18-8-10-19(11-9-18)22-29-30-24(34-22)25(26,27)28;23-22(24,25)21-28-27-19(31-21)16-8-6-15(7-9-16)14-29(18-4-2-1-3-5-18)20(30)17-10-12-26-13-11-17;/h3-11,17,20H,12-16H2,1-2H3;1-9,17,26H,10-14H2;1H. The fraction of sp³-hybridized carbons (Fsp3) is 0.362. The summed E-state index contributed by atoms with van der Waals surface area (Å²) in [5, 5.41) is 16.4. The number of anilines is 2. The molecule has 0 spiro atoms. The van der Waals surface area contributed by atoms with E-state index in [0.717, 1.165) is 74.4 Å². The Kier molecular flexibility index (Phi) is 16.4. The third-order valence-corrected chi connectivity index (χ3v) is 11.4. The van der Waals surface area contributed by atoms with Crippen molar-refractivity contribution in [1.29, 1.82) is 0 Å². The average molecular weight is 939 g/mol. The van der Waals surface area contributed by atoms with Crippen molar-refractivity contribution in [1.82, 2.24) is 30.6 Å². The first-order valence-corrected chi connectivity index (χ1v) is 21.3. The number of rotatable bonds is 11. The Labute approximate surface area is 383 Å². The number of para-hydroxylation sites is 2. The predicted octanol–water partition coefficient (Wildman–Crippen LogP) is 10.1. The normalized spacial score (nSPS) is 15.1. The minimum Gasteiger partial charge on any atom is -0.413 e. The molecule has 350 valence electrons. The number of nitrogens with zero attached hydrogens (tertiary/aromatic N) is 7. The second kappa shape index (κ2) is 21.9. The topological polar surface area (TPSA) is 134 Å². The van der Waals surface area contributed by atoms with Gasteiger partial charge in [0.15, 0.2) is 0 Å². The highest BCUT2D eigenvalue weighted by Crippen LogP contribution is 2.33. The molecule has 0 aliphatic carbocycles. The Bertz CT molecular complexity index is 2450. The van der Waals surface area contributed by atoms with Crippen LogP contribution >= 0.6 is 12.4 Å². The van der Waals surface area contributed by atoms with Gasteiger partial charge in [-0.3, -0.25) is 9.59 Å². The molecule has 2 amide bonds. The van der Waals surface area contributed by atoms with Crippen molar-refractivity contribution in [3.8, 4) is 22.9 Å². The van der Waals surface area contributed by atoms with Gasteiger partial charge in [-0.1, -0.05) is 60.7 Å². The van der Waals surface area contributed by atoms with Crippen LogP contribution in [0.15, 0.2) is 118 Å². The second-order valence-electron chi connectivity index (χ2n) is 16.2. The van der Waals surface area contributed by atoms with Crippen molar-refractivity contribution in [3.05, 3.63) is 132 Å². The molecule has 19 heteroatoms. The molecule has 66 heavy (non-hydrogen) atoms. The first-order chi connectivity index (χ1) is 31.1. The van der Waals surface area contributed by atoms with E-state index in [1.807, 2.05) is 60.7 Å². The van der Waals surface area contributed by atoms with Crippen LogP contribution in [0.25, 0.3) is 22.9 Å². The van der Waals surface area contributed by atoms with E-state index >= 15 is 0 Å². The molecule has 0 saturated carbocycles. The van der Waals surface area contributed by atoms with Crippen molar-refractivity contribution >= 4 is 35.6 Å². The Balaban J connectivity index is 0.000000216. The highest BCUT2D eigenvalue weighted by atomic mass is 35.5. The summed E-state index contributed by atoms with van der Waals surface area (Å²) in [5.74, 6) is -3.09. The van der Waals surface area contributed by atoms with Gasteiger partial charge in [0, 0.05) is 40.4 Å². The SMILES string of the molecule is CC(C)N1CCC(C(=O)N(Cc2ccc(-c3nnc(C(F)(F)F)o3)cc2)c2ccccc2)CC1.Cl.O=C(C1CCNCC1)N(Cc1ccc(-c2nnc(C(F)(F)F)o2)cc1)c1ccccc1. The van der Waals surface area contributed by atoms with Crippen LogP contribution in [-0.4, -0.2) is 69.3 Å². The van der Waals surface area contributed by atoms with Gasteiger partial charge in [0.2, 0.25) is 23.6 Å². The van der Waals surface area contributed by atoms with Crippen molar-refractivity contribution < 1.29 is 44.8 Å². The lowest BCUT2D eigenvalue weighted by Gasteiger charge is -2.36. The average Bonchev–Trinajstić information content (AvgIpc) is 4.04. The summed E-state index contributed by atoms with van der Waals surface area (Å²) in [5.41, 5.74) is 4.06. The first-order valence-electron chi connectivity index (χ1n) is 21.3. The lowest BCUT2D eigenvalue weighted by atomic mass is 9.94. The maximum atomic E-state index is 13.5. The molecule has 2 aliphatic heterocycles. The van der Waals surface area contributed by atoms with Crippen LogP contribution in [0.3, 0.4) is 0 Å². The third kappa shape index (κ3) is 12.6. The molecule has 2 aliphatic rings.